The van der Waals surface area contributed by atoms with E-state index in [9.17, 15) is 4.79 Å². The number of hydrogen-bond acceptors (Lipinski definition) is 3. The van der Waals surface area contributed by atoms with Gasteiger partial charge in [-0.2, -0.15) is 0 Å². The van der Waals surface area contributed by atoms with Crippen LogP contribution in [0.3, 0.4) is 0 Å². The quantitative estimate of drug-likeness (QED) is 0.892. The smallest absolute Gasteiger partial charge is 0.218 e. The highest BCUT2D eigenvalue weighted by Gasteiger charge is 2.34. The van der Waals surface area contributed by atoms with E-state index in [0.717, 1.165) is 32.1 Å². The number of nitrogens with zero attached hydrogens (tertiary/aromatic N) is 2. The molecule has 21 heavy (non-hydrogen) atoms. The van der Waals surface area contributed by atoms with E-state index < -0.39 is 0 Å². The summed E-state index contributed by atoms with van der Waals surface area (Å²) >= 11 is 0. The summed E-state index contributed by atoms with van der Waals surface area (Å²) < 4.78 is 0. The zero-order valence-electron chi connectivity index (χ0n) is 12.6. The Bertz CT molecular complexity index is 476. The van der Waals surface area contributed by atoms with Crippen molar-refractivity contribution in [3.63, 3.8) is 0 Å². The van der Waals surface area contributed by atoms with Gasteiger partial charge >= 0.3 is 0 Å². The van der Waals surface area contributed by atoms with Crippen LogP contribution in [-0.4, -0.2) is 47.9 Å². The van der Waals surface area contributed by atoms with Crippen molar-refractivity contribution in [1.29, 1.82) is 0 Å². The standard InChI is InChI=1S/C17H25N3O/c18-17(21)8-9-20-12-15-6-7-16(20)13-19(11-15)10-14-4-2-1-3-5-14/h1-5,15-16H,6-13H2,(H2,18,21)/t15-,16+/m1/s1. The van der Waals surface area contributed by atoms with Gasteiger partial charge in [-0.25, -0.2) is 0 Å². The number of carbonyl (C=O) groups excluding carboxylic acids is 1. The predicted molar refractivity (Wildman–Crippen MR) is 83.6 cm³/mol. The van der Waals surface area contributed by atoms with Gasteiger partial charge in [-0.15, -0.1) is 0 Å². The number of piperidine rings is 1. The Kier molecular flexibility index (Phi) is 4.56. The Morgan fingerprint density at radius 1 is 1.14 bits per heavy atom. The molecular weight excluding hydrogens is 262 g/mol. The summed E-state index contributed by atoms with van der Waals surface area (Å²) in [5, 5.41) is 0. The van der Waals surface area contributed by atoms with Crippen LogP contribution in [0.5, 0.6) is 0 Å². The maximum atomic E-state index is 11.0. The second-order valence-electron chi connectivity index (χ2n) is 6.49. The van der Waals surface area contributed by atoms with Crippen LogP contribution in [0.15, 0.2) is 30.3 Å². The molecule has 3 aliphatic rings. The van der Waals surface area contributed by atoms with Crippen molar-refractivity contribution in [2.24, 2.45) is 11.7 Å². The Labute approximate surface area is 126 Å². The summed E-state index contributed by atoms with van der Waals surface area (Å²) in [5.41, 5.74) is 6.69. The first-order valence-corrected chi connectivity index (χ1v) is 7.99. The normalized spacial score (nSPS) is 26.7. The molecule has 2 atom stereocenters. The molecule has 2 bridgehead atoms. The van der Waals surface area contributed by atoms with Crippen LogP contribution in [0.2, 0.25) is 0 Å². The van der Waals surface area contributed by atoms with Crippen molar-refractivity contribution in [2.75, 3.05) is 26.2 Å². The van der Waals surface area contributed by atoms with E-state index in [1.54, 1.807) is 0 Å². The SMILES string of the molecule is NC(=O)CCN1C[C@@H]2CC[C@H]1CN(Cc1ccccc1)C2. The molecule has 3 saturated heterocycles. The Morgan fingerprint density at radius 2 is 1.95 bits per heavy atom. The first kappa shape index (κ1) is 14.5. The number of amides is 1. The maximum Gasteiger partial charge on any atom is 0.218 e. The summed E-state index contributed by atoms with van der Waals surface area (Å²) in [4.78, 5) is 16.1. The number of carbonyl (C=O) groups is 1. The molecule has 0 saturated carbocycles. The van der Waals surface area contributed by atoms with Crippen molar-refractivity contribution < 1.29 is 4.79 Å². The van der Waals surface area contributed by atoms with Crippen LogP contribution in [0, 0.1) is 5.92 Å². The van der Waals surface area contributed by atoms with E-state index >= 15 is 0 Å². The van der Waals surface area contributed by atoms with Gasteiger partial charge in [-0.1, -0.05) is 30.3 Å². The van der Waals surface area contributed by atoms with Crippen molar-refractivity contribution >= 4 is 5.91 Å². The Hall–Kier alpha value is -1.39. The van der Waals surface area contributed by atoms with E-state index in [1.165, 1.54) is 24.9 Å². The minimum atomic E-state index is -0.184. The van der Waals surface area contributed by atoms with E-state index in [4.69, 9.17) is 5.73 Å². The lowest BCUT2D eigenvalue weighted by Gasteiger charge is -2.35. The van der Waals surface area contributed by atoms with Gasteiger partial charge in [0.05, 0.1) is 0 Å². The van der Waals surface area contributed by atoms with Crippen LogP contribution in [0.25, 0.3) is 0 Å². The van der Waals surface area contributed by atoms with Gasteiger partial charge in [0.1, 0.15) is 0 Å². The van der Waals surface area contributed by atoms with E-state index in [0.29, 0.717) is 12.5 Å². The van der Waals surface area contributed by atoms with Crippen molar-refractivity contribution in [3.05, 3.63) is 35.9 Å². The summed E-state index contributed by atoms with van der Waals surface area (Å²) in [6.07, 6.45) is 3.07. The summed E-state index contributed by atoms with van der Waals surface area (Å²) in [6, 6.07) is 11.3. The van der Waals surface area contributed by atoms with Crippen LogP contribution < -0.4 is 5.73 Å². The molecule has 2 N–H and O–H groups in total. The number of primary amides is 1. The van der Waals surface area contributed by atoms with Gasteiger partial charge in [0, 0.05) is 45.2 Å². The number of nitrogens with two attached hydrogens (primary N) is 1. The third-order valence-corrected chi connectivity index (χ3v) is 4.80. The van der Waals surface area contributed by atoms with Gasteiger partial charge in [0.25, 0.3) is 0 Å². The molecule has 1 aromatic rings. The summed E-state index contributed by atoms with van der Waals surface area (Å²) in [6.45, 7) is 5.29. The molecule has 4 nitrogen and oxygen atoms in total. The fourth-order valence-electron chi connectivity index (χ4n) is 3.77. The molecule has 0 aliphatic carbocycles. The first-order valence-electron chi connectivity index (χ1n) is 7.99. The highest BCUT2D eigenvalue weighted by molar-refractivity contribution is 5.73. The number of rotatable bonds is 5. The highest BCUT2D eigenvalue weighted by atomic mass is 16.1. The van der Waals surface area contributed by atoms with Crippen LogP contribution in [0.4, 0.5) is 0 Å². The molecule has 0 aromatic heterocycles. The van der Waals surface area contributed by atoms with Crippen LogP contribution in [0.1, 0.15) is 24.8 Å². The van der Waals surface area contributed by atoms with Crippen molar-refractivity contribution in [2.45, 2.75) is 31.8 Å². The van der Waals surface area contributed by atoms with Gasteiger partial charge in [0.2, 0.25) is 5.91 Å². The lowest BCUT2D eigenvalue weighted by atomic mass is 9.95. The third kappa shape index (κ3) is 3.83. The molecule has 3 heterocycles. The molecule has 0 unspecified atom stereocenters. The molecule has 114 valence electrons. The molecule has 1 amide bonds. The third-order valence-electron chi connectivity index (χ3n) is 4.80. The maximum absolute atomic E-state index is 11.0. The lowest BCUT2D eigenvalue weighted by molar-refractivity contribution is -0.118. The van der Waals surface area contributed by atoms with Gasteiger partial charge < -0.3 is 5.73 Å². The molecule has 0 radical (unpaired) electrons. The van der Waals surface area contributed by atoms with Gasteiger partial charge in [-0.3, -0.25) is 14.6 Å². The zero-order valence-corrected chi connectivity index (χ0v) is 12.6. The first-order chi connectivity index (χ1) is 10.2. The summed E-state index contributed by atoms with van der Waals surface area (Å²) in [5.74, 6) is 0.552. The second kappa shape index (κ2) is 6.58. The number of fused-ring (bicyclic) bond motifs is 4. The molecule has 3 fully saturated rings. The average Bonchev–Trinajstić information content (AvgIpc) is 2.76. The molecule has 4 rings (SSSR count). The van der Waals surface area contributed by atoms with Gasteiger partial charge in [-0.05, 0) is 24.3 Å². The zero-order chi connectivity index (χ0) is 14.7. The van der Waals surface area contributed by atoms with Crippen molar-refractivity contribution in [3.8, 4) is 0 Å². The second-order valence-corrected chi connectivity index (χ2v) is 6.49. The molecular formula is C17H25N3O. The molecule has 0 spiro atoms. The Morgan fingerprint density at radius 3 is 2.71 bits per heavy atom. The summed E-state index contributed by atoms with van der Waals surface area (Å²) in [7, 11) is 0. The highest BCUT2D eigenvalue weighted by Crippen LogP contribution is 2.28. The fourth-order valence-corrected chi connectivity index (χ4v) is 3.77. The minimum absolute atomic E-state index is 0.184. The number of hydrogen-bond donors (Lipinski definition) is 1. The minimum Gasteiger partial charge on any atom is -0.370 e. The number of benzene rings is 1. The Balaban J connectivity index is 1.62. The molecule has 1 aromatic carbocycles. The molecule has 3 aliphatic heterocycles. The van der Waals surface area contributed by atoms with Crippen LogP contribution in [-0.2, 0) is 11.3 Å². The van der Waals surface area contributed by atoms with Crippen molar-refractivity contribution in [1.82, 2.24) is 9.80 Å². The molecule has 4 heteroatoms. The van der Waals surface area contributed by atoms with Gasteiger partial charge in [0.15, 0.2) is 0 Å². The lowest BCUT2D eigenvalue weighted by Crippen LogP contribution is -2.45. The van der Waals surface area contributed by atoms with E-state index in [2.05, 4.69) is 40.1 Å². The average molecular weight is 287 g/mol. The van der Waals surface area contributed by atoms with Crippen LogP contribution >= 0.6 is 0 Å². The largest absolute Gasteiger partial charge is 0.370 e. The van der Waals surface area contributed by atoms with E-state index in [-0.39, 0.29) is 5.91 Å². The predicted octanol–water partition coefficient (Wildman–Crippen LogP) is 1.46. The van der Waals surface area contributed by atoms with E-state index in [1.807, 2.05) is 0 Å². The topological polar surface area (TPSA) is 49.6 Å². The fraction of sp³-hybridized carbons (Fsp3) is 0.588. The monoisotopic (exact) mass is 287 g/mol.